The molecule has 0 spiro atoms. The molecule has 2 amide bonds. The first-order valence-electron chi connectivity index (χ1n) is 12.1. The Bertz CT molecular complexity index is 490. The van der Waals surface area contributed by atoms with E-state index in [-0.39, 0.29) is 12.2 Å². The van der Waals surface area contributed by atoms with Crippen LogP contribution in [0.4, 0.5) is 9.59 Å². The summed E-state index contributed by atoms with van der Waals surface area (Å²) in [5, 5.41) is 5.58. The number of nitrogens with one attached hydrogen (secondary N) is 2. The van der Waals surface area contributed by atoms with E-state index in [1.165, 1.54) is 0 Å². The van der Waals surface area contributed by atoms with E-state index in [1.807, 2.05) is 41.5 Å². The summed E-state index contributed by atoms with van der Waals surface area (Å²) < 4.78 is 16.2. The second-order valence-electron chi connectivity index (χ2n) is 10.2. The molecule has 0 fully saturated rings. The molecule has 7 nitrogen and oxygen atoms in total. The number of hydrogen-bond acceptors (Lipinski definition) is 5. The summed E-state index contributed by atoms with van der Waals surface area (Å²) in [4.78, 5) is 24.0. The fourth-order valence-corrected chi connectivity index (χ4v) is 3.83. The van der Waals surface area contributed by atoms with Gasteiger partial charge in [-0.15, -0.1) is 0 Å². The molecule has 0 saturated heterocycles. The Morgan fingerprint density at radius 3 is 1.36 bits per heavy atom. The third-order valence-corrected chi connectivity index (χ3v) is 6.21. The fraction of sp³-hybridized carbons (Fsp3) is 0.917. The summed E-state index contributed by atoms with van der Waals surface area (Å²) in [7, 11) is 0. The number of rotatable bonds is 16. The van der Waals surface area contributed by atoms with Gasteiger partial charge in [-0.1, -0.05) is 44.7 Å². The van der Waals surface area contributed by atoms with E-state index in [9.17, 15) is 9.59 Å². The van der Waals surface area contributed by atoms with Crippen molar-refractivity contribution in [2.45, 2.75) is 114 Å². The minimum atomic E-state index is -0.458. The molecule has 0 aliphatic carbocycles. The lowest BCUT2D eigenvalue weighted by molar-refractivity contribution is 0.0515. The van der Waals surface area contributed by atoms with Crippen molar-refractivity contribution < 1.29 is 23.8 Å². The Labute approximate surface area is 218 Å². The molecule has 0 aliphatic rings. The van der Waals surface area contributed by atoms with E-state index in [2.05, 4.69) is 42.5 Å². The summed E-state index contributed by atoms with van der Waals surface area (Å²) in [5.74, 6) is 0. The molecular formula is C24H46Br2N2O5. The lowest BCUT2D eigenvalue weighted by Crippen LogP contribution is -2.33. The first kappa shape index (κ1) is 32.5. The largest absolute Gasteiger partial charge is 0.444 e. The first-order chi connectivity index (χ1) is 15.3. The average molecular weight is 602 g/mol. The van der Waals surface area contributed by atoms with E-state index >= 15 is 0 Å². The second kappa shape index (κ2) is 17.8. The van der Waals surface area contributed by atoms with Gasteiger partial charge < -0.3 is 24.8 Å². The molecule has 0 aromatic carbocycles. The van der Waals surface area contributed by atoms with Crippen LogP contribution in [0.25, 0.3) is 0 Å². The van der Waals surface area contributed by atoms with Crippen LogP contribution in [0.2, 0.25) is 0 Å². The lowest BCUT2D eigenvalue weighted by Gasteiger charge is -2.19. The predicted octanol–water partition coefficient (Wildman–Crippen LogP) is 6.70. The molecule has 0 saturated carbocycles. The number of carbonyl (C=O) groups is 2. The maximum absolute atomic E-state index is 11.6. The Balaban J connectivity index is 3.53. The van der Waals surface area contributed by atoms with E-state index in [1.54, 1.807) is 0 Å². The van der Waals surface area contributed by atoms with Crippen LogP contribution in [0.15, 0.2) is 0 Å². The van der Waals surface area contributed by atoms with Gasteiger partial charge in [-0.25, -0.2) is 9.59 Å². The van der Waals surface area contributed by atoms with Crippen molar-refractivity contribution >= 4 is 44.0 Å². The minimum absolute atomic E-state index is 0.353. The van der Waals surface area contributed by atoms with Crippen molar-refractivity contribution in [2.24, 2.45) is 0 Å². The second-order valence-corrected chi connectivity index (χ2v) is 12.8. The van der Waals surface area contributed by atoms with Gasteiger partial charge in [0.1, 0.15) is 11.2 Å². The molecule has 9 heteroatoms. The summed E-state index contributed by atoms with van der Waals surface area (Å²) in [6.07, 6.45) is 7.29. The SMILES string of the molecule is CC(C)(C)OC(=O)NCCCCC(Br)CCOCCC(Br)CCCCNC(=O)OC(C)(C)C. The van der Waals surface area contributed by atoms with Crippen molar-refractivity contribution in [3.63, 3.8) is 0 Å². The molecule has 0 heterocycles. The topological polar surface area (TPSA) is 85.9 Å². The van der Waals surface area contributed by atoms with E-state index < -0.39 is 11.2 Å². The first-order valence-corrected chi connectivity index (χ1v) is 13.9. The highest BCUT2D eigenvalue weighted by Crippen LogP contribution is 2.16. The molecule has 0 radical (unpaired) electrons. The van der Waals surface area contributed by atoms with Crippen molar-refractivity contribution in [3.8, 4) is 0 Å². The van der Waals surface area contributed by atoms with Gasteiger partial charge in [0.25, 0.3) is 0 Å². The molecule has 0 aromatic heterocycles. The zero-order chi connectivity index (χ0) is 25.3. The minimum Gasteiger partial charge on any atom is -0.444 e. The number of amides is 2. The zero-order valence-corrected chi connectivity index (χ0v) is 24.6. The number of alkyl halides is 2. The number of carbonyl (C=O) groups excluding carboxylic acids is 2. The highest BCUT2D eigenvalue weighted by Gasteiger charge is 2.16. The standard InChI is InChI=1S/C24H46Br2N2O5/c1-23(2,3)32-21(29)27-15-9-7-11-19(25)13-17-31-18-14-20(26)12-8-10-16-28-22(30)33-24(4,5)6/h19-20H,7-18H2,1-6H3,(H,27,29)(H,28,30). The Morgan fingerprint density at radius 2 is 1.03 bits per heavy atom. The predicted molar refractivity (Wildman–Crippen MR) is 142 cm³/mol. The van der Waals surface area contributed by atoms with E-state index in [4.69, 9.17) is 14.2 Å². The number of hydrogen-bond donors (Lipinski definition) is 2. The van der Waals surface area contributed by atoms with Crippen LogP contribution in [0, 0.1) is 0 Å². The molecule has 0 aromatic rings. The van der Waals surface area contributed by atoms with Crippen LogP contribution in [0.3, 0.4) is 0 Å². The lowest BCUT2D eigenvalue weighted by atomic mass is 10.1. The average Bonchev–Trinajstić information content (AvgIpc) is 2.64. The zero-order valence-electron chi connectivity index (χ0n) is 21.4. The summed E-state index contributed by atoms with van der Waals surface area (Å²) >= 11 is 7.43. The van der Waals surface area contributed by atoms with Gasteiger partial charge in [-0.3, -0.25) is 0 Å². The summed E-state index contributed by atoms with van der Waals surface area (Å²) in [6.45, 7) is 13.9. The normalized spacial score (nSPS) is 13.8. The van der Waals surface area contributed by atoms with Crippen LogP contribution < -0.4 is 10.6 Å². The van der Waals surface area contributed by atoms with Gasteiger partial charge in [-0.2, -0.15) is 0 Å². The van der Waals surface area contributed by atoms with Crippen molar-refractivity contribution in [1.82, 2.24) is 10.6 Å². The van der Waals surface area contributed by atoms with Crippen molar-refractivity contribution in [3.05, 3.63) is 0 Å². The highest BCUT2D eigenvalue weighted by molar-refractivity contribution is 9.09. The third kappa shape index (κ3) is 24.4. The van der Waals surface area contributed by atoms with Crippen LogP contribution in [-0.2, 0) is 14.2 Å². The maximum Gasteiger partial charge on any atom is 0.407 e. The monoisotopic (exact) mass is 600 g/mol. The Kier molecular flexibility index (Phi) is 17.5. The summed E-state index contributed by atoms with van der Waals surface area (Å²) in [5.41, 5.74) is -0.916. The van der Waals surface area contributed by atoms with Gasteiger partial charge in [0.05, 0.1) is 0 Å². The fourth-order valence-electron chi connectivity index (χ4n) is 2.80. The molecule has 2 unspecified atom stereocenters. The number of unbranched alkanes of at least 4 members (excludes halogenated alkanes) is 2. The molecule has 2 atom stereocenters. The maximum atomic E-state index is 11.6. The van der Waals surface area contributed by atoms with E-state index in [0.29, 0.717) is 22.7 Å². The molecular weight excluding hydrogens is 556 g/mol. The van der Waals surface area contributed by atoms with Gasteiger partial charge >= 0.3 is 12.2 Å². The third-order valence-electron chi connectivity index (χ3n) is 4.38. The van der Waals surface area contributed by atoms with Crippen LogP contribution >= 0.6 is 31.9 Å². The van der Waals surface area contributed by atoms with E-state index in [0.717, 1.165) is 64.6 Å². The molecule has 0 bridgehead atoms. The van der Waals surface area contributed by atoms with Gasteiger partial charge in [0, 0.05) is 36.0 Å². The molecule has 0 rings (SSSR count). The van der Waals surface area contributed by atoms with Crippen LogP contribution in [-0.4, -0.2) is 59.3 Å². The molecule has 2 N–H and O–H groups in total. The van der Waals surface area contributed by atoms with Gasteiger partial charge in [0.2, 0.25) is 0 Å². The summed E-state index contributed by atoms with van der Waals surface area (Å²) in [6, 6.07) is 0. The van der Waals surface area contributed by atoms with Crippen LogP contribution in [0.1, 0.15) is 92.9 Å². The van der Waals surface area contributed by atoms with Gasteiger partial charge in [0.15, 0.2) is 0 Å². The number of alkyl carbamates (subject to hydrolysis) is 2. The Hall–Kier alpha value is -0.540. The van der Waals surface area contributed by atoms with Crippen LogP contribution in [0.5, 0.6) is 0 Å². The number of halogens is 2. The molecule has 0 aliphatic heterocycles. The van der Waals surface area contributed by atoms with Crippen molar-refractivity contribution in [1.29, 1.82) is 0 Å². The molecule has 196 valence electrons. The van der Waals surface area contributed by atoms with Gasteiger partial charge in [-0.05, 0) is 80.1 Å². The smallest absolute Gasteiger partial charge is 0.407 e. The number of ether oxygens (including phenoxy) is 3. The highest BCUT2D eigenvalue weighted by atomic mass is 79.9. The van der Waals surface area contributed by atoms with Crippen molar-refractivity contribution in [2.75, 3.05) is 26.3 Å². The quantitative estimate of drug-likeness (QED) is 0.152. The molecule has 33 heavy (non-hydrogen) atoms. The Morgan fingerprint density at radius 1 is 0.667 bits per heavy atom.